The van der Waals surface area contributed by atoms with Crippen LogP contribution in [-0.4, -0.2) is 38.2 Å². The smallest absolute Gasteiger partial charge is 0.137 e. The Morgan fingerprint density at radius 3 is 2.77 bits per heavy atom. The zero-order chi connectivity index (χ0) is 16.6. The Hall–Kier alpha value is -2.51. The molecule has 0 aliphatic carbocycles. The largest absolute Gasteiger partial charge is 0.346 e. The summed E-state index contributed by atoms with van der Waals surface area (Å²) in [4.78, 5) is 12.7. The third-order valence-electron chi connectivity index (χ3n) is 4.85. The average Bonchev–Trinajstić information content (AvgIpc) is 3.41. The van der Waals surface area contributed by atoms with Crippen molar-refractivity contribution in [1.82, 2.24) is 30.5 Å². The minimum atomic E-state index is 0. The highest BCUT2D eigenvalue weighted by atomic mass is 32.1. The Balaban J connectivity index is 0.00000168. The van der Waals surface area contributed by atoms with Crippen molar-refractivity contribution in [1.29, 1.82) is 0 Å². The second-order valence-corrected chi connectivity index (χ2v) is 7.29. The zero-order valence-electron chi connectivity index (χ0n) is 13.6. The lowest BCUT2D eigenvalue weighted by atomic mass is 9.99. The van der Waals surface area contributed by atoms with Crippen LogP contribution >= 0.6 is 11.3 Å². The van der Waals surface area contributed by atoms with E-state index in [0.717, 1.165) is 46.5 Å². The van der Waals surface area contributed by atoms with E-state index in [2.05, 4.69) is 36.9 Å². The first-order chi connectivity index (χ1) is 12.4. The minimum Gasteiger partial charge on any atom is -0.346 e. The van der Waals surface area contributed by atoms with Gasteiger partial charge in [0.1, 0.15) is 5.65 Å². The monoisotopic (exact) mass is 366 g/mol. The molecule has 1 saturated heterocycles. The first-order valence-corrected chi connectivity index (χ1v) is 9.39. The van der Waals surface area contributed by atoms with Gasteiger partial charge in [0.15, 0.2) is 0 Å². The summed E-state index contributed by atoms with van der Waals surface area (Å²) < 4.78 is 0. The van der Waals surface area contributed by atoms with Crippen molar-refractivity contribution in [3.05, 3.63) is 41.2 Å². The van der Waals surface area contributed by atoms with E-state index in [4.69, 9.17) is 4.98 Å². The molecule has 0 unspecified atom stereocenters. The van der Waals surface area contributed by atoms with Crippen LogP contribution in [0.4, 0.5) is 0 Å². The maximum atomic E-state index is 4.91. The molecule has 134 valence electrons. The highest BCUT2D eigenvalue weighted by Crippen LogP contribution is 2.33. The molecule has 7 heteroatoms. The predicted molar refractivity (Wildman–Crippen MR) is 106 cm³/mol. The molecule has 0 radical (unpaired) electrons. The van der Waals surface area contributed by atoms with Crippen molar-refractivity contribution in [3.63, 3.8) is 0 Å². The molecule has 0 aromatic carbocycles. The van der Waals surface area contributed by atoms with Crippen molar-refractivity contribution in [2.24, 2.45) is 0 Å². The molecule has 5 heterocycles. The normalized spacial score (nSPS) is 15.2. The third-order valence-corrected chi connectivity index (χ3v) is 5.85. The number of hydrogen-bond acceptors (Lipinski definition) is 5. The molecule has 0 spiro atoms. The Morgan fingerprint density at radius 2 is 1.96 bits per heavy atom. The molecule has 0 saturated carbocycles. The van der Waals surface area contributed by atoms with Crippen molar-refractivity contribution in [3.8, 4) is 22.4 Å². The number of piperidine rings is 1. The number of fused-ring (bicyclic) bond motifs is 1. The SMILES string of the molecule is C.c1nc2[nH]cc(-c3cn[nH]c3)c2cc1-c1csc(C2CCNCC2)n1. The lowest BCUT2D eigenvalue weighted by molar-refractivity contribution is 0.459. The summed E-state index contributed by atoms with van der Waals surface area (Å²) in [6, 6.07) is 2.17. The second-order valence-electron chi connectivity index (χ2n) is 6.40. The summed E-state index contributed by atoms with van der Waals surface area (Å²) in [6.07, 6.45) is 9.95. The lowest BCUT2D eigenvalue weighted by Crippen LogP contribution is -2.26. The Morgan fingerprint density at radius 1 is 1.08 bits per heavy atom. The predicted octanol–water partition coefficient (Wildman–Crippen LogP) is 4.18. The van der Waals surface area contributed by atoms with Gasteiger partial charge in [-0.1, -0.05) is 7.43 Å². The molecule has 26 heavy (non-hydrogen) atoms. The number of thiazole rings is 1. The molecular formula is C19H22N6S. The maximum absolute atomic E-state index is 4.91. The first kappa shape index (κ1) is 16.9. The van der Waals surface area contributed by atoms with Crippen molar-refractivity contribution < 1.29 is 0 Å². The van der Waals surface area contributed by atoms with E-state index in [9.17, 15) is 0 Å². The van der Waals surface area contributed by atoms with Crippen LogP contribution in [0.3, 0.4) is 0 Å². The van der Waals surface area contributed by atoms with Gasteiger partial charge in [-0.15, -0.1) is 11.3 Å². The second kappa shape index (κ2) is 7.01. The fourth-order valence-corrected chi connectivity index (χ4v) is 4.46. The van der Waals surface area contributed by atoms with E-state index in [1.807, 2.05) is 24.8 Å². The van der Waals surface area contributed by atoms with E-state index in [1.165, 1.54) is 17.8 Å². The summed E-state index contributed by atoms with van der Waals surface area (Å²) in [5, 5.41) is 14.8. The number of nitrogens with one attached hydrogen (secondary N) is 3. The fraction of sp³-hybridized carbons (Fsp3) is 0.316. The van der Waals surface area contributed by atoms with Crippen molar-refractivity contribution in [2.75, 3.05) is 13.1 Å². The van der Waals surface area contributed by atoms with E-state index >= 15 is 0 Å². The van der Waals surface area contributed by atoms with Gasteiger partial charge in [-0.05, 0) is 32.0 Å². The van der Waals surface area contributed by atoms with Gasteiger partial charge in [-0.25, -0.2) is 9.97 Å². The molecule has 1 fully saturated rings. The maximum Gasteiger partial charge on any atom is 0.137 e. The molecule has 1 aliphatic heterocycles. The molecule has 5 rings (SSSR count). The van der Waals surface area contributed by atoms with Crippen molar-refractivity contribution >= 4 is 22.4 Å². The van der Waals surface area contributed by atoms with Gasteiger partial charge >= 0.3 is 0 Å². The van der Waals surface area contributed by atoms with E-state index in [-0.39, 0.29) is 7.43 Å². The molecule has 4 aromatic heterocycles. The highest BCUT2D eigenvalue weighted by Gasteiger charge is 2.19. The van der Waals surface area contributed by atoms with Crippen LogP contribution in [0.1, 0.15) is 31.2 Å². The van der Waals surface area contributed by atoms with Gasteiger partial charge in [-0.2, -0.15) is 5.10 Å². The average molecular weight is 366 g/mol. The lowest BCUT2D eigenvalue weighted by Gasteiger charge is -2.20. The third kappa shape index (κ3) is 2.93. The van der Waals surface area contributed by atoms with Crippen LogP contribution in [0.5, 0.6) is 0 Å². The Bertz CT molecular complexity index is 994. The van der Waals surface area contributed by atoms with E-state index in [1.54, 1.807) is 11.3 Å². The van der Waals surface area contributed by atoms with Crippen LogP contribution < -0.4 is 5.32 Å². The Kier molecular flexibility index (Phi) is 4.57. The summed E-state index contributed by atoms with van der Waals surface area (Å²) in [5.74, 6) is 0.588. The van der Waals surface area contributed by atoms with Crippen LogP contribution in [0.25, 0.3) is 33.4 Å². The van der Waals surface area contributed by atoms with Crippen LogP contribution in [-0.2, 0) is 0 Å². The summed E-state index contributed by atoms with van der Waals surface area (Å²) >= 11 is 1.77. The molecule has 4 aromatic rings. The van der Waals surface area contributed by atoms with Crippen molar-refractivity contribution in [2.45, 2.75) is 26.2 Å². The van der Waals surface area contributed by atoms with Gasteiger partial charge in [0.2, 0.25) is 0 Å². The number of nitrogens with zero attached hydrogens (tertiary/aromatic N) is 3. The minimum absolute atomic E-state index is 0. The molecule has 3 N–H and O–H groups in total. The number of rotatable bonds is 3. The van der Waals surface area contributed by atoms with Gasteiger partial charge < -0.3 is 10.3 Å². The van der Waals surface area contributed by atoms with Gasteiger partial charge in [0, 0.05) is 52.0 Å². The number of hydrogen-bond donors (Lipinski definition) is 3. The van der Waals surface area contributed by atoms with E-state index < -0.39 is 0 Å². The number of aromatic nitrogens is 5. The standard InChI is InChI=1S/C18H18N6S.CH4/c1-3-19-4-2-11(1)18-24-16(10-25-18)12-5-14-15(13-7-22-23-8-13)9-21-17(14)20-6-12;/h5-11,19H,1-4H2,(H,20,21)(H,22,23);1H4. The summed E-state index contributed by atoms with van der Waals surface area (Å²) in [7, 11) is 0. The molecule has 1 aliphatic rings. The zero-order valence-corrected chi connectivity index (χ0v) is 14.4. The molecule has 0 bridgehead atoms. The molecule has 0 amide bonds. The molecule has 6 nitrogen and oxygen atoms in total. The van der Waals surface area contributed by atoms with Crippen LogP contribution in [0.15, 0.2) is 36.2 Å². The number of pyridine rings is 1. The van der Waals surface area contributed by atoms with E-state index in [0.29, 0.717) is 5.92 Å². The molecule has 0 atom stereocenters. The van der Waals surface area contributed by atoms with Gasteiger partial charge in [0.25, 0.3) is 0 Å². The number of H-pyrrole nitrogens is 2. The van der Waals surface area contributed by atoms with Gasteiger partial charge in [-0.3, -0.25) is 5.10 Å². The summed E-state index contributed by atoms with van der Waals surface area (Å²) in [6.45, 7) is 2.18. The summed E-state index contributed by atoms with van der Waals surface area (Å²) in [5.41, 5.74) is 5.13. The first-order valence-electron chi connectivity index (χ1n) is 8.51. The Labute approximate surface area is 156 Å². The van der Waals surface area contributed by atoms with Crippen LogP contribution in [0.2, 0.25) is 0 Å². The molecular weight excluding hydrogens is 344 g/mol. The topological polar surface area (TPSA) is 82.3 Å². The van der Waals surface area contributed by atoms with Crippen LogP contribution in [0, 0.1) is 0 Å². The van der Waals surface area contributed by atoms with Gasteiger partial charge in [0.05, 0.1) is 16.9 Å². The number of aromatic amines is 2. The quantitative estimate of drug-likeness (QED) is 0.508. The highest BCUT2D eigenvalue weighted by molar-refractivity contribution is 7.10. The fourth-order valence-electron chi connectivity index (χ4n) is 3.46.